The molecule has 0 spiro atoms. The molecule has 0 aromatic heterocycles. The van der Waals surface area contributed by atoms with Gasteiger partial charge >= 0.3 is 320 Å². The summed E-state index contributed by atoms with van der Waals surface area (Å²) >= 11 is 1.82. The SMILES string of the molecule is [Ge][c]1ccccc1-c1ccccc1-c1cccc2c(-c3cc(-c4ccccc4)c4ccccc4c3)c3cccc(-c4ccc[c]5c4-c4cccc[c]4[Ge]5)c3cc12. The quantitative estimate of drug-likeness (QED) is 0.120. The molecular weight excluding hydrogens is 794 g/mol. The fourth-order valence-electron chi connectivity index (χ4n) is 9.06. The zero-order valence-electron chi connectivity index (χ0n) is 30.6. The van der Waals surface area contributed by atoms with Gasteiger partial charge in [0.05, 0.1) is 0 Å². The third-order valence-electron chi connectivity index (χ3n) is 11.5. The van der Waals surface area contributed by atoms with Gasteiger partial charge in [0.15, 0.2) is 0 Å². The molecule has 0 aliphatic carbocycles. The molecule has 0 unspecified atom stereocenters. The van der Waals surface area contributed by atoms with Crippen LogP contribution in [0.1, 0.15) is 0 Å². The molecule has 0 N–H and O–H groups in total. The average Bonchev–Trinajstić information content (AvgIpc) is 3.64. The van der Waals surface area contributed by atoms with E-state index in [2.05, 4.69) is 217 Å². The molecule has 56 heavy (non-hydrogen) atoms. The van der Waals surface area contributed by atoms with Crippen LogP contribution in [0.25, 0.3) is 99.1 Å². The monoisotopic (exact) mass is 829 g/mol. The third-order valence-corrected chi connectivity index (χ3v) is 15.4. The van der Waals surface area contributed by atoms with Gasteiger partial charge in [-0.3, -0.25) is 0 Å². The molecule has 0 bridgehead atoms. The van der Waals surface area contributed by atoms with Gasteiger partial charge in [0.25, 0.3) is 0 Å². The van der Waals surface area contributed by atoms with Crippen LogP contribution in [0, 0.1) is 0 Å². The summed E-state index contributed by atoms with van der Waals surface area (Å²) in [5, 5.41) is 7.59. The van der Waals surface area contributed by atoms with E-state index in [-0.39, 0.29) is 0 Å². The fourth-order valence-corrected chi connectivity index (χ4v) is 12.6. The van der Waals surface area contributed by atoms with Crippen molar-refractivity contribution in [3.05, 3.63) is 200 Å². The van der Waals surface area contributed by atoms with Crippen molar-refractivity contribution in [1.29, 1.82) is 0 Å². The Morgan fingerprint density at radius 2 is 0.821 bits per heavy atom. The Hall–Kier alpha value is -5.93. The zero-order chi connectivity index (χ0) is 37.2. The molecule has 0 saturated carbocycles. The first-order chi connectivity index (χ1) is 27.7. The van der Waals surface area contributed by atoms with Crippen molar-refractivity contribution in [2.24, 2.45) is 0 Å². The first-order valence-corrected chi connectivity index (χ1v) is 22.3. The van der Waals surface area contributed by atoms with Gasteiger partial charge in [-0.1, -0.05) is 24.3 Å². The summed E-state index contributed by atoms with van der Waals surface area (Å²) < 4.78 is 4.33. The molecule has 5 radical (unpaired) electrons. The van der Waals surface area contributed by atoms with Gasteiger partial charge in [0.2, 0.25) is 0 Å². The van der Waals surface area contributed by atoms with Crippen molar-refractivity contribution in [2.45, 2.75) is 0 Å². The van der Waals surface area contributed by atoms with Crippen molar-refractivity contribution in [1.82, 2.24) is 0 Å². The fraction of sp³-hybridized carbons (Fsp3) is 0. The van der Waals surface area contributed by atoms with Crippen LogP contribution in [0.2, 0.25) is 0 Å². The van der Waals surface area contributed by atoms with Gasteiger partial charge in [-0.2, -0.15) is 0 Å². The Morgan fingerprint density at radius 1 is 0.286 bits per heavy atom. The van der Waals surface area contributed by atoms with Crippen LogP contribution in [-0.2, 0) is 0 Å². The predicted molar refractivity (Wildman–Crippen MR) is 242 cm³/mol. The van der Waals surface area contributed by atoms with Gasteiger partial charge in [-0.15, -0.1) is 0 Å². The standard InChI is InChI=1S/C54H33Ge2/c55-50-28-10-8-21-42(50)39-20-7-6-19-38(39)40-23-12-25-44-48(40)33-49-41(43-27-14-30-52-54(43)46-22-9-11-29-51(46)56-52)24-13-26-45(49)53(44)36-31-35-17-4-5-18-37(35)47(32-36)34-15-2-1-3-16-34/h1-33H. The normalized spacial score (nSPS) is 11.9. The number of hydrogen-bond donors (Lipinski definition) is 0. The van der Waals surface area contributed by atoms with Crippen LogP contribution in [0.4, 0.5) is 0 Å². The maximum atomic E-state index is 2.50. The predicted octanol–water partition coefficient (Wildman–Crippen LogP) is 11.9. The second kappa shape index (κ2) is 13.7. The van der Waals surface area contributed by atoms with Gasteiger partial charge in [-0.05, 0) is 0 Å². The van der Waals surface area contributed by atoms with Gasteiger partial charge in [-0.25, -0.2) is 0 Å². The molecule has 10 aromatic carbocycles. The number of fused-ring (bicyclic) bond motifs is 6. The van der Waals surface area contributed by atoms with E-state index in [4.69, 9.17) is 0 Å². The Labute approximate surface area is 342 Å². The van der Waals surface area contributed by atoms with Crippen LogP contribution in [0.5, 0.6) is 0 Å². The Balaban J connectivity index is 1.27. The third kappa shape index (κ3) is 5.43. The van der Waals surface area contributed by atoms with Crippen LogP contribution < -0.4 is 13.2 Å². The molecule has 0 amide bonds. The Kier molecular flexibility index (Phi) is 8.15. The van der Waals surface area contributed by atoms with Crippen molar-refractivity contribution in [2.75, 3.05) is 0 Å². The van der Waals surface area contributed by atoms with Crippen LogP contribution >= 0.6 is 0 Å². The summed E-state index contributed by atoms with van der Waals surface area (Å²) in [4.78, 5) is 0. The first kappa shape index (κ1) is 33.4. The van der Waals surface area contributed by atoms with Crippen LogP contribution in [-0.4, -0.2) is 31.9 Å². The van der Waals surface area contributed by atoms with Crippen molar-refractivity contribution in [3.63, 3.8) is 0 Å². The van der Waals surface area contributed by atoms with Gasteiger partial charge in [0.1, 0.15) is 0 Å². The summed E-state index contributed by atoms with van der Waals surface area (Å²) in [6.45, 7) is 0. The van der Waals surface area contributed by atoms with E-state index >= 15 is 0 Å². The number of rotatable bonds is 5. The molecule has 0 saturated heterocycles. The Bertz CT molecular complexity index is 3180. The Morgan fingerprint density at radius 3 is 1.59 bits per heavy atom. The minimum atomic E-state index is -0.395. The summed E-state index contributed by atoms with van der Waals surface area (Å²) in [7, 11) is 0. The maximum absolute atomic E-state index is 2.50. The van der Waals surface area contributed by atoms with Crippen molar-refractivity contribution in [3.8, 4) is 66.8 Å². The van der Waals surface area contributed by atoms with Crippen LogP contribution in [0.15, 0.2) is 200 Å². The summed E-state index contributed by atoms with van der Waals surface area (Å²) in [5.41, 5.74) is 15.5. The molecule has 1 aliphatic rings. The first-order valence-electron chi connectivity index (χ1n) is 19.2. The van der Waals surface area contributed by atoms with Gasteiger partial charge < -0.3 is 0 Å². The van der Waals surface area contributed by atoms with E-state index in [9.17, 15) is 0 Å². The molecule has 2 heteroatoms. The molecule has 0 nitrogen and oxygen atoms in total. The summed E-state index contributed by atoms with van der Waals surface area (Å²) in [5.74, 6) is 0. The van der Waals surface area contributed by atoms with Crippen molar-refractivity contribution >= 4 is 77.5 Å². The molecule has 0 atom stereocenters. The second-order valence-electron chi connectivity index (χ2n) is 14.7. The van der Waals surface area contributed by atoms with E-state index in [0.717, 1.165) is 0 Å². The van der Waals surface area contributed by atoms with E-state index in [1.165, 1.54) is 112 Å². The molecule has 0 fully saturated rings. The van der Waals surface area contributed by atoms with Crippen LogP contribution in [0.3, 0.4) is 0 Å². The van der Waals surface area contributed by atoms with Crippen molar-refractivity contribution < 1.29 is 0 Å². The summed E-state index contributed by atoms with van der Waals surface area (Å²) in [6.07, 6.45) is 0. The minimum absolute atomic E-state index is 0.395. The summed E-state index contributed by atoms with van der Waals surface area (Å²) in [6, 6.07) is 74.8. The number of hydrogen-bond acceptors (Lipinski definition) is 0. The van der Waals surface area contributed by atoms with E-state index in [0.29, 0.717) is 0 Å². The molecule has 11 rings (SSSR count). The molecule has 1 heterocycles. The average molecular weight is 827 g/mol. The molecule has 10 aromatic rings. The van der Waals surface area contributed by atoms with E-state index < -0.39 is 15.4 Å². The van der Waals surface area contributed by atoms with Gasteiger partial charge in [0, 0.05) is 0 Å². The second-order valence-corrected chi connectivity index (χ2v) is 18.6. The molecule has 257 valence electrons. The molecular formula is C54H33Ge2. The number of benzene rings is 10. The van der Waals surface area contributed by atoms with E-state index in [1.54, 1.807) is 0 Å². The molecule has 1 aliphatic heterocycles. The topological polar surface area (TPSA) is 0 Å². The van der Waals surface area contributed by atoms with E-state index in [1.807, 2.05) is 0 Å². The zero-order valence-corrected chi connectivity index (χ0v) is 34.7.